The summed E-state index contributed by atoms with van der Waals surface area (Å²) >= 11 is 0.880. The monoisotopic (exact) mass is 299 g/mol. The maximum atomic E-state index is 12.9. The van der Waals surface area contributed by atoms with Gasteiger partial charge in [0.05, 0.1) is 10.6 Å². The zero-order valence-corrected chi connectivity index (χ0v) is 11.6. The Labute approximate surface area is 125 Å². The molecule has 1 aliphatic rings. The average Bonchev–Trinajstić information content (AvgIpc) is 2.76. The molecule has 104 valence electrons. The van der Waals surface area contributed by atoms with Gasteiger partial charge in [0.15, 0.2) is 0 Å². The highest BCUT2D eigenvalue weighted by Crippen LogP contribution is 2.35. The van der Waals surface area contributed by atoms with E-state index in [4.69, 9.17) is 0 Å². The van der Waals surface area contributed by atoms with Crippen molar-refractivity contribution >= 4 is 34.7 Å². The van der Waals surface area contributed by atoms with Crippen molar-refractivity contribution in [3.05, 3.63) is 70.9 Å². The molecule has 1 fully saturated rings. The van der Waals surface area contributed by atoms with Crippen LogP contribution < -0.4 is 4.90 Å². The highest BCUT2D eigenvalue weighted by atomic mass is 32.2. The van der Waals surface area contributed by atoms with E-state index in [0.29, 0.717) is 10.6 Å². The molecule has 2 amide bonds. The molecule has 0 aliphatic carbocycles. The Bertz CT molecular complexity index is 726. The van der Waals surface area contributed by atoms with Crippen LogP contribution in [0.2, 0.25) is 0 Å². The molecule has 21 heavy (non-hydrogen) atoms. The summed E-state index contributed by atoms with van der Waals surface area (Å²) in [6.07, 6.45) is 1.68. The molecule has 0 aromatic heterocycles. The number of hydrogen-bond acceptors (Lipinski definition) is 3. The molecule has 0 atom stereocenters. The van der Waals surface area contributed by atoms with Gasteiger partial charge in [0.1, 0.15) is 5.82 Å². The van der Waals surface area contributed by atoms with Gasteiger partial charge in [-0.2, -0.15) is 0 Å². The number of carbonyl (C=O) groups is 2. The first kappa shape index (κ1) is 13.6. The number of thioether (sulfide) groups is 1. The summed E-state index contributed by atoms with van der Waals surface area (Å²) < 4.78 is 12.9. The van der Waals surface area contributed by atoms with Gasteiger partial charge in [0, 0.05) is 0 Å². The molecule has 1 aliphatic heterocycles. The van der Waals surface area contributed by atoms with Gasteiger partial charge in [-0.3, -0.25) is 9.59 Å². The van der Waals surface area contributed by atoms with E-state index >= 15 is 0 Å². The lowest BCUT2D eigenvalue weighted by molar-refractivity contribution is -0.113. The highest BCUT2D eigenvalue weighted by molar-refractivity contribution is 8.19. The molecule has 0 unspecified atom stereocenters. The third-order valence-corrected chi connectivity index (χ3v) is 3.85. The first-order chi connectivity index (χ1) is 10.1. The molecule has 3 nitrogen and oxygen atoms in total. The van der Waals surface area contributed by atoms with E-state index in [2.05, 4.69) is 0 Å². The Hall–Kier alpha value is -2.40. The molecule has 2 aromatic carbocycles. The fourth-order valence-corrected chi connectivity index (χ4v) is 2.82. The number of carbonyl (C=O) groups excluding carboxylic acids is 2. The zero-order valence-electron chi connectivity index (χ0n) is 10.8. The van der Waals surface area contributed by atoms with E-state index in [-0.39, 0.29) is 11.1 Å². The summed E-state index contributed by atoms with van der Waals surface area (Å²) in [6, 6.07) is 14.6. The maximum absolute atomic E-state index is 12.9. The Morgan fingerprint density at radius 1 is 0.952 bits per heavy atom. The van der Waals surface area contributed by atoms with Crippen molar-refractivity contribution in [1.82, 2.24) is 0 Å². The van der Waals surface area contributed by atoms with Gasteiger partial charge in [-0.1, -0.05) is 30.3 Å². The second-order valence-corrected chi connectivity index (χ2v) is 5.40. The molecule has 0 bridgehead atoms. The minimum absolute atomic E-state index is 0.357. The fourth-order valence-electron chi connectivity index (χ4n) is 1.98. The Balaban J connectivity index is 1.92. The number of hydrogen-bond donors (Lipinski definition) is 0. The van der Waals surface area contributed by atoms with Gasteiger partial charge >= 0.3 is 0 Å². The van der Waals surface area contributed by atoms with Crippen LogP contribution >= 0.6 is 11.8 Å². The third kappa shape index (κ3) is 2.73. The molecule has 2 aromatic rings. The summed E-state index contributed by atoms with van der Waals surface area (Å²) in [5.41, 5.74) is 1.22. The zero-order chi connectivity index (χ0) is 14.8. The van der Waals surface area contributed by atoms with Crippen LogP contribution in [-0.2, 0) is 4.79 Å². The topological polar surface area (TPSA) is 37.4 Å². The van der Waals surface area contributed by atoms with Crippen LogP contribution in [0.4, 0.5) is 14.9 Å². The predicted molar refractivity (Wildman–Crippen MR) is 81.3 cm³/mol. The first-order valence-electron chi connectivity index (χ1n) is 6.24. The van der Waals surface area contributed by atoms with Gasteiger partial charge in [0.2, 0.25) is 0 Å². The Kier molecular flexibility index (Phi) is 3.58. The van der Waals surface area contributed by atoms with Gasteiger partial charge < -0.3 is 0 Å². The summed E-state index contributed by atoms with van der Waals surface area (Å²) in [4.78, 5) is 25.7. The molecule has 5 heteroatoms. The highest BCUT2D eigenvalue weighted by Gasteiger charge is 2.36. The second-order valence-electron chi connectivity index (χ2n) is 4.40. The van der Waals surface area contributed by atoms with Crippen LogP contribution in [0.3, 0.4) is 0 Å². The van der Waals surface area contributed by atoms with Crippen LogP contribution in [0.1, 0.15) is 5.56 Å². The van der Waals surface area contributed by atoms with E-state index in [1.54, 1.807) is 6.08 Å². The van der Waals surface area contributed by atoms with Crippen LogP contribution in [0.25, 0.3) is 6.08 Å². The first-order valence-corrected chi connectivity index (χ1v) is 7.05. The van der Waals surface area contributed by atoms with Crippen molar-refractivity contribution in [2.24, 2.45) is 0 Å². The number of imide groups is 1. The molecule has 1 saturated heterocycles. The quantitative estimate of drug-likeness (QED) is 0.785. The standard InChI is InChI=1S/C16H10FNO2S/c17-12-6-8-13(9-7-12)18-15(19)14(21-16(18)20)10-11-4-2-1-3-5-11/h1-10H/b14-10-. The van der Waals surface area contributed by atoms with Gasteiger partial charge in [0.25, 0.3) is 11.1 Å². The average molecular weight is 299 g/mol. The molecular weight excluding hydrogens is 289 g/mol. The van der Waals surface area contributed by atoms with Gasteiger partial charge in [-0.25, -0.2) is 9.29 Å². The molecule has 1 heterocycles. The van der Waals surface area contributed by atoms with Crippen molar-refractivity contribution in [2.45, 2.75) is 0 Å². The number of rotatable bonds is 2. The Morgan fingerprint density at radius 3 is 2.29 bits per heavy atom. The van der Waals surface area contributed by atoms with Crippen molar-refractivity contribution in [2.75, 3.05) is 4.90 Å². The third-order valence-electron chi connectivity index (χ3n) is 2.98. The normalized spacial score (nSPS) is 16.8. The van der Waals surface area contributed by atoms with Crippen molar-refractivity contribution < 1.29 is 14.0 Å². The van der Waals surface area contributed by atoms with E-state index in [1.807, 2.05) is 30.3 Å². The van der Waals surface area contributed by atoms with Gasteiger partial charge in [-0.05, 0) is 47.7 Å². The van der Waals surface area contributed by atoms with Crippen molar-refractivity contribution in [1.29, 1.82) is 0 Å². The van der Waals surface area contributed by atoms with Crippen LogP contribution in [0.15, 0.2) is 59.5 Å². The largest absolute Gasteiger partial charge is 0.298 e. The number of amides is 2. The summed E-state index contributed by atoms with van der Waals surface area (Å²) in [5, 5.41) is -0.381. The van der Waals surface area contributed by atoms with E-state index < -0.39 is 5.82 Å². The Morgan fingerprint density at radius 2 is 1.62 bits per heavy atom. The van der Waals surface area contributed by atoms with E-state index in [0.717, 1.165) is 22.2 Å². The van der Waals surface area contributed by atoms with Crippen LogP contribution in [0.5, 0.6) is 0 Å². The summed E-state index contributed by atoms with van der Waals surface area (Å²) in [6.45, 7) is 0. The molecule has 0 radical (unpaired) electrons. The second kappa shape index (κ2) is 5.54. The van der Waals surface area contributed by atoms with E-state index in [1.165, 1.54) is 24.3 Å². The molecular formula is C16H10FNO2S. The minimum atomic E-state index is -0.412. The lowest BCUT2D eigenvalue weighted by Crippen LogP contribution is -2.27. The SMILES string of the molecule is O=C1S/C(=C\c2ccccc2)C(=O)N1c1ccc(F)cc1. The number of nitrogens with zero attached hydrogens (tertiary/aromatic N) is 1. The molecule has 0 spiro atoms. The lowest BCUT2D eigenvalue weighted by Gasteiger charge is -2.11. The van der Waals surface area contributed by atoms with Gasteiger partial charge in [-0.15, -0.1) is 0 Å². The van der Waals surface area contributed by atoms with Crippen LogP contribution in [-0.4, -0.2) is 11.1 Å². The van der Waals surface area contributed by atoms with Crippen molar-refractivity contribution in [3.8, 4) is 0 Å². The molecule has 3 rings (SSSR count). The van der Waals surface area contributed by atoms with Crippen LogP contribution in [0, 0.1) is 5.82 Å². The fraction of sp³-hybridized carbons (Fsp3) is 0. The predicted octanol–water partition coefficient (Wildman–Crippen LogP) is 4.07. The summed E-state index contributed by atoms with van der Waals surface area (Å²) in [5.74, 6) is -0.800. The minimum Gasteiger partial charge on any atom is -0.268 e. The van der Waals surface area contributed by atoms with E-state index in [9.17, 15) is 14.0 Å². The smallest absolute Gasteiger partial charge is 0.268 e. The number of anilines is 1. The summed E-state index contributed by atoms with van der Waals surface area (Å²) in [7, 11) is 0. The maximum Gasteiger partial charge on any atom is 0.298 e. The molecule has 0 saturated carbocycles. The van der Waals surface area contributed by atoms with Crippen molar-refractivity contribution in [3.63, 3.8) is 0 Å². The molecule has 0 N–H and O–H groups in total. The number of halogens is 1. The number of benzene rings is 2. The lowest BCUT2D eigenvalue weighted by atomic mass is 10.2.